The number of nitrogens with two attached hydrogens (primary N) is 1. The van der Waals surface area contributed by atoms with Gasteiger partial charge in [-0.05, 0) is 6.92 Å². The van der Waals surface area contributed by atoms with Crippen molar-refractivity contribution >= 4 is 17.1 Å². The van der Waals surface area contributed by atoms with E-state index < -0.39 is 36.3 Å². The molecule has 0 aromatic carbocycles. The van der Waals surface area contributed by atoms with Crippen molar-refractivity contribution in [2.75, 3.05) is 12.3 Å². The lowest BCUT2D eigenvalue weighted by atomic mass is 9.96. The van der Waals surface area contributed by atoms with E-state index in [1.807, 2.05) is 0 Å². The summed E-state index contributed by atoms with van der Waals surface area (Å²) >= 11 is 0. The van der Waals surface area contributed by atoms with Crippen LogP contribution >= 0.6 is 0 Å². The predicted molar refractivity (Wildman–Crippen MR) is 76.9 cm³/mol. The van der Waals surface area contributed by atoms with Crippen LogP contribution in [0.2, 0.25) is 0 Å². The molecule has 122 valence electrons. The van der Waals surface area contributed by atoms with Crippen LogP contribution in [0.1, 0.15) is 13.2 Å². The first-order valence-corrected chi connectivity index (χ1v) is 6.72. The zero-order chi connectivity index (χ0) is 16.8. The van der Waals surface area contributed by atoms with Crippen molar-refractivity contribution in [2.24, 2.45) is 0 Å². The predicted octanol–water partition coefficient (Wildman–Crippen LogP) is -1.32. The third-order valence-corrected chi connectivity index (χ3v) is 3.65. The first-order chi connectivity index (χ1) is 10.9. The molecule has 0 aliphatic carbocycles. The average molecular weight is 323 g/mol. The van der Waals surface area contributed by atoms with Gasteiger partial charge in [-0.2, -0.15) is 4.98 Å². The van der Waals surface area contributed by atoms with E-state index in [2.05, 4.69) is 26.8 Å². The van der Waals surface area contributed by atoms with Crippen molar-refractivity contribution < 1.29 is 19.3 Å². The summed E-state index contributed by atoms with van der Waals surface area (Å²) in [6.45, 7) is 0.807. The summed E-state index contributed by atoms with van der Waals surface area (Å²) in [5.41, 5.74) is 2.33. The number of aliphatic hydroxyl groups is 2. The molecule has 1 saturated heterocycles. The fourth-order valence-corrected chi connectivity index (χ4v) is 2.61. The fourth-order valence-electron chi connectivity index (χ4n) is 2.61. The molecule has 0 amide bonds. The maximum atomic E-state index is 15.2. The van der Waals surface area contributed by atoms with Crippen molar-refractivity contribution in [3.8, 4) is 11.8 Å². The number of alkyl halides is 1. The van der Waals surface area contributed by atoms with Crippen LogP contribution in [0.5, 0.6) is 0 Å². The van der Waals surface area contributed by atoms with Gasteiger partial charge in [0.25, 0.3) is 5.56 Å². The molecule has 3 rings (SSSR count). The van der Waals surface area contributed by atoms with Gasteiger partial charge in [0.15, 0.2) is 17.4 Å². The number of nitrogen functional groups attached to an aromatic ring is 1. The van der Waals surface area contributed by atoms with Crippen molar-refractivity contribution in [1.82, 2.24) is 19.5 Å². The smallest absolute Gasteiger partial charge is 0.280 e. The van der Waals surface area contributed by atoms with Gasteiger partial charge in [0.05, 0.1) is 12.9 Å². The molecule has 3 heterocycles. The minimum Gasteiger partial charge on any atom is -0.394 e. The number of aromatic nitrogens is 4. The molecule has 5 N–H and O–H groups in total. The molecule has 0 saturated carbocycles. The number of aromatic amines is 1. The molecule has 0 bridgehead atoms. The SMILES string of the molecule is CC#CC1(F)C(O)[C@@H](CO)OC1n1cnc2c(=O)[nH]c(N)nc21. The van der Waals surface area contributed by atoms with Crippen LogP contribution in [0.4, 0.5) is 10.3 Å². The summed E-state index contributed by atoms with van der Waals surface area (Å²) in [6, 6.07) is 0. The Labute approximate surface area is 128 Å². The quantitative estimate of drug-likeness (QED) is 0.503. The molecule has 2 aromatic rings. The number of imidazole rings is 1. The number of nitrogens with one attached hydrogen (secondary N) is 1. The minimum absolute atomic E-state index is 0.0121. The topological polar surface area (TPSA) is 139 Å². The molecular weight excluding hydrogens is 309 g/mol. The Morgan fingerprint density at radius 3 is 3.04 bits per heavy atom. The van der Waals surface area contributed by atoms with Crippen molar-refractivity contribution in [2.45, 2.75) is 31.0 Å². The van der Waals surface area contributed by atoms with Gasteiger partial charge < -0.3 is 20.7 Å². The second-order valence-corrected chi connectivity index (χ2v) is 5.07. The van der Waals surface area contributed by atoms with E-state index in [1.54, 1.807) is 0 Å². The fraction of sp³-hybridized carbons (Fsp3) is 0.462. The van der Waals surface area contributed by atoms with Gasteiger partial charge in [-0.15, -0.1) is 5.92 Å². The molecule has 0 spiro atoms. The Bertz CT molecular complexity index is 869. The molecule has 1 fully saturated rings. The highest BCUT2D eigenvalue weighted by Crippen LogP contribution is 2.42. The van der Waals surface area contributed by atoms with Crippen LogP contribution in [0, 0.1) is 11.8 Å². The Morgan fingerprint density at radius 1 is 1.65 bits per heavy atom. The van der Waals surface area contributed by atoms with E-state index in [-0.39, 0.29) is 17.1 Å². The van der Waals surface area contributed by atoms with Crippen molar-refractivity contribution in [3.63, 3.8) is 0 Å². The Kier molecular flexibility index (Phi) is 3.56. The van der Waals surface area contributed by atoms with Gasteiger partial charge in [-0.25, -0.2) is 9.37 Å². The van der Waals surface area contributed by atoms with Gasteiger partial charge >= 0.3 is 0 Å². The highest BCUT2D eigenvalue weighted by atomic mass is 19.1. The highest BCUT2D eigenvalue weighted by molar-refractivity contribution is 5.70. The van der Waals surface area contributed by atoms with E-state index >= 15 is 4.39 Å². The minimum atomic E-state index is -2.51. The number of ether oxygens (including phenoxy) is 1. The number of H-pyrrole nitrogens is 1. The van der Waals surface area contributed by atoms with Crippen LogP contribution in [-0.2, 0) is 4.74 Å². The van der Waals surface area contributed by atoms with Crippen molar-refractivity contribution in [3.05, 3.63) is 16.7 Å². The summed E-state index contributed by atoms with van der Waals surface area (Å²) in [5, 5.41) is 19.3. The lowest BCUT2D eigenvalue weighted by molar-refractivity contribution is -0.0504. The number of anilines is 1. The normalized spacial score (nSPS) is 30.3. The number of halogens is 1. The molecule has 1 aliphatic heterocycles. The molecule has 10 heteroatoms. The molecule has 23 heavy (non-hydrogen) atoms. The molecule has 1 aliphatic rings. The van der Waals surface area contributed by atoms with Gasteiger partial charge in [0.1, 0.15) is 12.2 Å². The van der Waals surface area contributed by atoms with Gasteiger partial charge in [0, 0.05) is 0 Å². The monoisotopic (exact) mass is 323 g/mol. The number of aliphatic hydroxyl groups excluding tert-OH is 2. The van der Waals surface area contributed by atoms with E-state index in [0.717, 1.165) is 10.9 Å². The van der Waals surface area contributed by atoms with Crippen molar-refractivity contribution in [1.29, 1.82) is 0 Å². The molecule has 2 aromatic heterocycles. The highest BCUT2D eigenvalue weighted by Gasteiger charge is 2.57. The van der Waals surface area contributed by atoms with E-state index in [4.69, 9.17) is 10.5 Å². The van der Waals surface area contributed by atoms with Gasteiger partial charge in [0.2, 0.25) is 11.6 Å². The zero-order valence-corrected chi connectivity index (χ0v) is 12.0. The lowest BCUT2D eigenvalue weighted by Gasteiger charge is -2.23. The second-order valence-electron chi connectivity index (χ2n) is 5.07. The molecule has 4 atom stereocenters. The largest absolute Gasteiger partial charge is 0.394 e. The number of fused-ring (bicyclic) bond motifs is 1. The summed E-state index contributed by atoms with van der Waals surface area (Å²) in [5.74, 6) is 4.49. The first-order valence-electron chi connectivity index (χ1n) is 6.72. The zero-order valence-electron chi connectivity index (χ0n) is 12.0. The Morgan fingerprint density at radius 2 is 2.39 bits per heavy atom. The second kappa shape index (κ2) is 5.31. The summed E-state index contributed by atoms with van der Waals surface area (Å²) in [4.78, 5) is 21.9. The third-order valence-electron chi connectivity index (χ3n) is 3.65. The van der Waals surface area contributed by atoms with E-state index in [1.165, 1.54) is 6.92 Å². The number of hydrogen-bond acceptors (Lipinski definition) is 7. The standard InChI is InChI=1S/C13H14FN5O4/c1-2-3-13(14)8(21)6(4-20)23-11(13)19-5-16-7-9(19)17-12(15)18-10(7)22/h5-6,8,11,20-21H,4H2,1H3,(H3,15,17,18,22)/t6-,8?,11?,13?/m1/s1. The Hall–Kier alpha value is -2.48. The molecular formula is C13H14FN5O4. The van der Waals surface area contributed by atoms with Crippen LogP contribution in [-0.4, -0.2) is 54.2 Å². The first kappa shape index (κ1) is 15.4. The number of nitrogens with zero attached hydrogens (tertiary/aromatic N) is 3. The Balaban J connectivity index is 2.20. The average Bonchev–Trinajstić information content (AvgIpc) is 3.01. The van der Waals surface area contributed by atoms with Crippen LogP contribution in [0.3, 0.4) is 0 Å². The van der Waals surface area contributed by atoms with Crippen LogP contribution in [0.25, 0.3) is 11.2 Å². The van der Waals surface area contributed by atoms with Gasteiger partial charge in [-0.1, -0.05) is 5.92 Å². The number of rotatable bonds is 2. The maximum absolute atomic E-state index is 15.2. The van der Waals surface area contributed by atoms with Crippen LogP contribution in [0.15, 0.2) is 11.1 Å². The van der Waals surface area contributed by atoms with Gasteiger partial charge in [-0.3, -0.25) is 14.3 Å². The maximum Gasteiger partial charge on any atom is 0.280 e. The summed E-state index contributed by atoms with van der Waals surface area (Å²) < 4.78 is 21.8. The summed E-state index contributed by atoms with van der Waals surface area (Å²) in [7, 11) is 0. The van der Waals surface area contributed by atoms with Crippen LogP contribution < -0.4 is 11.3 Å². The lowest BCUT2D eigenvalue weighted by Crippen LogP contribution is -2.42. The summed E-state index contributed by atoms with van der Waals surface area (Å²) in [6.07, 6.45) is -3.15. The third kappa shape index (κ3) is 2.17. The van der Waals surface area contributed by atoms with E-state index in [0.29, 0.717) is 0 Å². The molecule has 0 radical (unpaired) electrons. The molecule has 3 unspecified atom stereocenters. The van der Waals surface area contributed by atoms with E-state index in [9.17, 15) is 15.0 Å². The molecule has 9 nitrogen and oxygen atoms in total. The number of hydrogen-bond donors (Lipinski definition) is 4.